The van der Waals surface area contributed by atoms with Gasteiger partial charge in [0, 0.05) is 29.2 Å². The van der Waals surface area contributed by atoms with Gasteiger partial charge in [-0.2, -0.15) is 4.98 Å². The zero-order valence-corrected chi connectivity index (χ0v) is 19.8. The molecular weight excluding hydrogens is 426 g/mol. The van der Waals surface area contributed by atoms with Gasteiger partial charge >= 0.3 is 6.03 Å². The van der Waals surface area contributed by atoms with Crippen molar-refractivity contribution in [2.75, 3.05) is 22.2 Å². The number of para-hydroxylation sites is 1. The topological polar surface area (TPSA) is 70.6 Å². The zero-order valence-electron chi connectivity index (χ0n) is 19.8. The number of rotatable bonds is 5. The van der Waals surface area contributed by atoms with Gasteiger partial charge in [0.25, 0.3) is 0 Å². The van der Waals surface area contributed by atoms with E-state index in [0.717, 1.165) is 54.2 Å². The van der Waals surface area contributed by atoms with Crippen LogP contribution in [0.4, 0.5) is 27.9 Å². The molecule has 1 saturated carbocycles. The Hall–Kier alpha value is -3.61. The average molecular weight is 458 g/mol. The van der Waals surface area contributed by atoms with Gasteiger partial charge in [0.05, 0.1) is 13.2 Å². The largest absolute Gasteiger partial charge is 0.497 e. The number of anilines is 4. The van der Waals surface area contributed by atoms with E-state index in [1.807, 2.05) is 77.5 Å². The zero-order chi connectivity index (χ0) is 23.5. The summed E-state index contributed by atoms with van der Waals surface area (Å²) in [6.07, 6.45) is 8.53. The second-order valence-electron chi connectivity index (χ2n) is 9.01. The third kappa shape index (κ3) is 4.30. The van der Waals surface area contributed by atoms with Crippen molar-refractivity contribution in [1.29, 1.82) is 0 Å². The normalized spacial score (nSPS) is 18.9. The maximum atomic E-state index is 14.1. The lowest BCUT2D eigenvalue weighted by Crippen LogP contribution is -2.53. The number of aromatic nitrogens is 2. The first-order valence-corrected chi connectivity index (χ1v) is 12.1. The number of urea groups is 1. The lowest BCUT2D eigenvalue weighted by atomic mass is 10.0. The number of hydrogen-bond acceptors (Lipinski definition) is 5. The van der Waals surface area contributed by atoms with E-state index in [0.29, 0.717) is 5.95 Å². The molecule has 7 nitrogen and oxygen atoms in total. The SMILES string of the molecule is COc1ccc(N2C(=O)N(C3CCCCCC3)c3nc(Nc4ccccc4)ncc3[C@@H]2C)cc1. The molecule has 1 fully saturated rings. The van der Waals surface area contributed by atoms with Crippen LogP contribution in [0.1, 0.15) is 57.1 Å². The lowest BCUT2D eigenvalue weighted by Gasteiger charge is -2.43. The fourth-order valence-electron chi connectivity index (χ4n) is 5.01. The summed E-state index contributed by atoms with van der Waals surface area (Å²) in [6.45, 7) is 2.04. The Morgan fingerprint density at radius 3 is 2.32 bits per heavy atom. The molecule has 1 atom stereocenters. The predicted octanol–water partition coefficient (Wildman–Crippen LogP) is 6.46. The monoisotopic (exact) mass is 457 g/mol. The Labute approximate surface area is 200 Å². The summed E-state index contributed by atoms with van der Waals surface area (Å²) in [5.41, 5.74) is 2.71. The number of hydrogen-bond donors (Lipinski definition) is 1. The van der Waals surface area contributed by atoms with Crippen molar-refractivity contribution in [3.8, 4) is 5.75 Å². The molecule has 0 radical (unpaired) electrons. The number of carbonyl (C=O) groups excluding carboxylic acids is 1. The molecule has 2 aliphatic rings. The molecule has 34 heavy (non-hydrogen) atoms. The molecule has 2 amide bonds. The fourth-order valence-corrected chi connectivity index (χ4v) is 5.01. The highest BCUT2D eigenvalue weighted by atomic mass is 16.5. The number of fused-ring (bicyclic) bond motifs is 1. The first-order valence-electron chi connectivity index (χ1n) is 12.1. The molecule has 1 aromatic heterocycles. The molecule has 2 aromatic carbocycles. The van der Waals surface area contributed by atoms with E-state index in [2.05, 4.69) is 10.3 Å². The molecule has 0 saturated heterocycles. The van der Waals surface area contributed by atoms with Gasteiger partial charge in [0.15, 0.2) is 0 Å². The van der Waals surface area contributed by atoms with Crippen molar-refractivity contribution >= 4 is 29.2 Å². The van der Waals surface area contributed by atoms with Crippen molar-refractivity contribution in [2.24, 2.45) is 0 Å². The van der Waals surface area contributed by atoms with E-state index < -0.39 is 0 Å². The van der Waals surface area contributed by atoms with Crippen LogP contribution >= 0.6 is 0 Å². The van der Waals surface area contributed by atoms with Crippen molar-refractivity contribution < 1.29 is 9.53 Å². The lowest BCUT2D eigenvalue weighted by molar-refractivity contribution is 0.244. The molecule has 2 heterocycles. The van der Waals surface area contributed by atoms with E-state index in [9.17, 15) is 4.79 Å². The Kier molecular flexibility index (Phi) is 6.34. The third-order valence-electron chi connectivity index (χ3n) is 6.84. The molecule has 0 bridgehead atoms. The number of nitrogens with one attached hydrogen (secondary N) is 1. The average Bonchev–Trinajstić information content (AvgIpc) is 3.15. The minimum Gasteiger partial charge on any atom is -0.497 e. The van der Waals surface area contributed by atoms with Gasteiger partial charge in [-0.25, -0.2) is 9.78 Å². The summed E-state index contributed by atoms with van der Waals surface area (Å²) in [4.78, 5) is 27.4. The van der Waals surface area contributed by atoms with Crippen LogP contribution in [0, 0.1) is 0 Å². The fraction of sp³-hybridized carbons (Fsp3) is 0.370. The van der Waals surface area contributed by atoms with Crippen molar-refractivity contribution in [2.45, 2.75) is 57.5 Å². The van der Waals surface area contributed by atoms with Gasteiger partial charge < -0.3 is 10.1 Å². The Morgan fingerprint density at radius 1 is 0.941 bits per heavy atom. The van der Waals surface area contributed by atoms with E-state index in [4.69, 9.17) is 9.72 Å². The van der Waals surface area contributed by atoms with Gasteiger partial charge in [-0.3, -0.25) is 9.80 Å². The number of benzene rings is 2. The minimum absolute atomic E-state index is 0.0265. The summed E-state index contributed by atoms with van der Waals surface area (Å²) >= 11 is 0. The molecular formula is C27H31N5O2. The van der Waals surface area contributed by atoms with Crippen LogP contribution in [0.5, 0.6) is 5.75 Å². The van der Waals surface area contributed by atoms with Gasteiger partial charge in [-0.05, 0) is 56.2 Å². The highest BCUT2D eigenvalue weighted by Crippen LogP contribution is 2.41. The summed E-state index contributed by atoms with van der Waals surface area (Å²) in [5, 5.41) is 3.29. The van der Waals surface area contributed by atoms with Crippen LogP contribution in [0.2, 0.25) is 0 Å². The highest BCUT2D eigenvalue weighted by Gasteiger charge is 2.41. The summed E-state index contributed by atoms with van der Waals surface area (Å²) in [5.74, 6) is 1.99. The van der Waals surface area contributed by atoms with E-state index in [1.54, 1.807) is 7.11 Å². The number of amides is 2. The second kappa shape index (κ2) is 9.71. The quantitative estimate of drug-likeness (QED) is 0.445. The van der Waals surface area contributed by atoms with Crippen LogP contribution in [-0.2, 0) is 0 Å². The predicted molar refractivity (Wildman–Crippen MR) is 135 cm³/mol. The summed E-state index contributed by atoms with van der Waals surface area (Å²) in [6, 6.07) is 17.4. The third-order valence-corrected chi connectivity index (χ3v) is 6.84. The smallest absolute Gasteiger partial charge is 0.330 e. The number of carbonyl (C=O) groups is 1. The Bertz CT molecular complexity index is 1130. The first kappa shape index (κ1) is 22.2. The summed E-state index contributed by atoms with van der Waals surface area (Å²) in [7, 11) is 1.64. The molecule has 7 heteroatoms. The molecule has 176 valence electrons. The second-order valence-corrected chi connectivity index (χ2v) is 9.01. The molecule has 1 N–H and O–H groups in total. The highest BCUT2D eigenvalue weighted by molar-refractivity contribution is 6.06. The van der Waals surface area contributed by atoms with E-state index in [1.165, 1.54) is 12.8 Å². The minimum atomic E-state index is -0.191. The van der Waals surface area contributed by atoms with Crippen LogP contribution in [-0.4, -0.2) is 29.2 Å². The maximum Gasteiger partial charge on any atom is 0.330 e. The van der Waals surface area contributed by atoms with Gasteiger partial charge in [-0.1, -0.05) is 43.9 Å². The van der Waals surface area contributed by atoms with Gasteiger partial charge in [-0.15, -0.1) is 0 Å². The Balaban J connectivity index is 1.56. The first-order chi connectivity index (χ1) is 16.7. The number of ether oxygens (including phenoxy) is 1. The summed E-state index contributed by atoms with van der Waals surface area (Å²) < 4.78 is 5.32. The van der Waals surface area contributed by atoms with Crippen molar-refractivity contribution in [3.63, 3.8) is 0 Å². The van der Waals surface area contributed by atoms with E-state index in [-0.39, 0.29) is 18.1 Å². The standard InChI is InChI=1S/C27H31N5O2/c1-19-24-18-28-26(29-20-10-6-5-7-11-20)30-25(24)32(21-12-8-3-4-9-13-21)27(33)31(19)22-14-16-23(34-2)17-15-22/h5-7,10-11,14-19,21H,3-4,8-9,12-13H2,1-2H3,(H,28,29,30)/t19-/m0/s1. The van der Waals surface area contributed by atoms with Crippen LogP contribution < -0.4 is 19.9 Å². The number of nitrogens with zero attached hydrogens (tertiary/aromatic N) is 4. The van der Waals surface area contributed by atoms with Crippen LogP contribution in [0.3, 0.4) is 0 Å². The van der Waals surface area contributed by atoms with Gasteiger partial charge in [0.2, 0.25) is 5.95 Å². The van der Waals surface area contributed by atoms with Crippen molar-refractivity contribution in [3.05, 3.63) is 66.4 Å². The van der Waals surface area contributed by atoms with Crippen LogP contribution in [0.25, 0.3) is 0 Å². The van der Waals surface area contributed by atoms with Gasteiger partial charge in [0.1, 0.15) is 11.6 Å². The maximum absolute atomic E-state index is 14.1. The van der Waals surface area contributed by atoms with E-state index >= 15 is 0 Å². The molecule has 0 spiro atoms. The molecule has 1 aliphatic heterocycles. The molecule has 0 unspecified atom stereocenters. The van der Waals surface area contributed by atoms with Crippen molar-refractivity contribution in [1.82, 2.24) is 9.97 Å². The molecule has 1 aliphatic carbocycles. The van der Waals surface area contributed by atoms with Crippen LogP contribution in [0.15, 0.2) is 60.8 Å². The molecule has 5 rings (SSSR count). The number of methoxy groups -OCH3 is 1. The Morgan fingerprint density at radius 2 is 1.65 bits per heavy atom. The molecule has 3 aromatic rings.